The van der Waals surface area contributed by atoms with Crippen LogP contribution in [0.3, 0.4) is 0 Å². The molecule has 0 aromatic carbocycles. The molecule has 8 saturated heterocycles. The van der Waals surface area contributed by atoms with E-state index in [4.69, 9.17) is 67.1 Å². The SMILES string of the molecule is CC(C)OC(=O)[C@H]1O[C@@H](CNC(=O)[C@H]2O[C@@H](CNC(=O)[C@H]3O[C@@H](CNC(=O)[C@H]4O[C@@H](CN=[N+]=[N-])[C@@H]5OC(C)(C)O[C@@H]54)[C@@H]4OC(C)(C)O[C@@H]43)[C@@H]3OC(C)(C)O[C@@H]32)[C@@H]2OC(C)(C)O[C@@H]21. The number of amides is 3. The lowest BCUT2D eigenvalue weighted by atomic mass is 10.1. The molecule has 0 aromatic rings. The molecule has 0 unspecified atom stereocenters. The number of ether oxygens (including phenoxy) is 13. The second kappa shape index (κ2) is 16.6. The van der Waals surface area contributed by atoms with Crippen molar-refractivity contribution in [2.24, 2.45) is 5.11 Å². The zero-order valence-electron chi connectivity index (χ0n) is 36.4. The van der Waals surface area contributed by atoms with Gasteiger partial charge in [-0.25, -0.2) is 4.79 Å². The lowest BCUT2D eigenvalue weighted by molar-refractivity contribution is -0.197. The van der Waals surface area contributed by atoms with Gasteiger partial charge in [0.15, 0.2) is 47.6 Å². The van der Waals surface area contributed by atoms with Crippen LogP contribution in [0.25, 0.3) is 10.4 Å². The van der Waals surface area contributed by atoms with Gasteiger partial charge in [0.05, 0.1) is 18.8 Å². The summed E-state index contributed by atoms with van der Waals surface area (Å²) in [4.78, 5) is 56.9. The zero-order valence-corrected chi connectivity index (χ0v) is 36.4. The predicted octanol–water partition coefficient (Wildman–Crippen LogP) is -0.253. The molecule has 0 aliphatic carbocycles. The number of carbonyl (C=O) groups excluding carboxylic acids is 4. The molecule has 0 bridgehead atoms. The predicted molar refractivity (Wildman–Crippen MR) is 204 cm³/mol. The van der Waals surface area contributed by atoms with Gasteiger partial charge in [-0.1, -0.05) is 5.11 Å². The molecule has 8 rings (SSSR count). The van der Waals surface area contributed by atoms with Gasteiger partial charge in [0.1, 0.15) is 67.1 Å². The standard InChI is InChI=1S/C39H58N6O17/c1-15(2)50-35(49)31-27-22(57-39(9,10)62-27)18(54-31)13-43-33(47)29-25-20(55-37(5,6)60-25)16(52-29)11-41-32(46)28-24-21(56-36(3,4)59-24)17(51-28)12-42-34(48)30-26-23(58-38(7,8)61-26)19(53-30)14-44-45-40/h15-31H,11-14H2,1-10H3,(H,41,46)(H,42,48)(H,43,47)/t16-,17-,18-,19-,20-,21-,22-,23-,24-,25-,26-,27-,28-,29-,30-,31-/m0/s1. The maximum atomic E-state index is 13.9. The van der Waals surface area contributed by atoms with Gasteiger partial charge in [0.2, 0.25) is 0 Å². The molecule has 62 heavy (non-hydrogen) atoms. The molecule has 8 aliphatic rings. The summed E-state index contributed by atoms with van der Waals surface area (Å²) in [5.41, 5.74) is 8.85. The fraction of sp³-hybridized carbons (Fsp3) is 0.897. The number of nitrogens with one attached hydrogen (secondary N) is 3. The zero-order chi connectivity index (χ0) is 44.7. The second-order valence-electron chi connectivity index (χ2n) is 18.8. The van der Waals surface area contributed by atoms with E-state index >= 15 is 0 Å². The van der Waals surface area contributed by atoms with Crippen molar-refractivity contribution in [2.45, 2.75) is 196 Å². The minimum absolute atomic E-state index is 0.0392. The monoisotopic (exact) mass is 882 g/mol. The molecule has 8 aliphatic heterocycles. The van der Waals surface area contributed by atoms with Crippen molar-refractivity contribution in [3.8, 4) is 0 Å². The van der Waals surface area contributed by atoms with E-state index in [0.717, 1.165) is 0 Å². The van der Waals surface area contributed by atoms with Crippen LogP contribution < -0.4 is 16.0 Å². The highest BCUT2D eigenvalue weighted by atomic mass is 16.8. The Labute approximate surface area is 357 Å². The molecule has 0 saturated carbocycles. The van der Waals surface area contributed by atoms with Crippen LogP contribution in [0, 0.1) is 0 Å². The van der Waals surface area contributed by atoms with Gasteiger partial charge in [0, 0.05) is 24.5 Å². The summed E-state index contributed by atoms with van der Waals surface area (Å²) in [6.07, 6.45) is -13.7. The van der Waals surface area contributed by atoms with Crippen molar-refractivity contribution in [1.82, 2.24) is 16.0 Å². The number of fused-ring (bicyclic) bond motifs is 4. The molecular weight excluding hydrogens is 824 g/mol. The first-order chi connectivity index (χ1) is 29.0. The Bertz CT molecular complexity index is 1810. The van der Waals surface area contributed by atoms with Crippen molar-refractivity contribution < 1.29 is 80.8 Å². The van der Waals surface area contributed by atoms with Crippen molar-refractivity contribution in [3.05, 3.63) is 10.4 Å². The third kappa shape index (κ3) is 9.02. The van der Waals surface area contributed by atoms with E-state index in [2.05, 4.69) is 26.0 Å². The number of hydrogen-bond acceptors (Lipinski definition) is 18. The molecule has 3 amide bonds. The largest absolute Gasteiger partial charge is 0.461 e. The number of azide groups is 1. The number of esters is 1. The van der Waals surface area contributed by atoms with E-state index in [9.17, 15) is 19.2 Å². The quantitative estimate of drug-likeness (QED) is 0.0931. The van der Waals surface area contributed by atoms with Gasteiger partial charge in [-0.2, -0.15) is 0 Å². The van der Waals surface area contributed by atoms with Crippen LogP contribution in [0.4, 0.5) is 0 Å². The normalized spacial score (nSPS) is 42.4. The topological polar surface area (TPSA) is 273 Å². The van der Waals surface area contributed by atoms with E-state index in [1.54, 1.807) is 69.2 Å². The van der Waals surface area contributed by atoms with E-state index in [-0.39, 0.29) is 32.3 Å². The first-order valence-electron chi connectivity index (χ1n) is 21.1. The van der Waals surface area contributed by atoms with Crippen LogP contribution in [0.2, 0.25) is 0 Å². The van der Waals surface area contributed by atoms with Crippen molar-refractivity contribution in [2.75, 3.05) is 26.2 Å². The molecule has 3 N–H and O–H groups in total. The summed E-state index contributed by atoms with van der Waals surface area (Å²) in [7, 11) is 0. The second-order valence-corrected chi connectivity index (χ2v) is 18.8. The first kappa shape index (κ1) is 45.3. The van der Waals surface area contributed by atoms with Crippen molar-refractivity contribution in [3.63, 3.8) is 0 Å². The summed E-state index contributed by atoms with van der Waals surface area (Å²) >= 11 is 0. The Balaban J connectivity index is 0.876. The van der Waals surface area contributed by atoms with Gasteiger partial charge in [-0.15, -0.1) is 0 Å². The highest BCUT2D eigenvalue weighted by molar-refractivity contribution is 5.84. The molecule has 0 radical (unpaired) electrons. The fourth-order valence-electron chi connectivity index (χ4n) is 9.51. The summed E-state index contributed by atoms with van der Waals surface area (Å²) in [5, 5.41) is 12.2. The minimum Gasteiger partial charge on any atom is -0.461 e. The van der Waals surface area contributed by atoms with Gasteiger partial charge in [-0.3, -0.25) is 14.4 Å². The fourth-order valence-corrected chi connectivity index (χ4v) is 9.51. The molecule has 0 spiro atoms. The minimum atomic E-state index is -1.14. The summed E-state index contributed by atoms with van der Waals surface area (Å²) in [5.74, 6) is -6.24. The average Bonchev–Trinajstić information content (AvgIpc) is 4.04. The van der Waals surface area contributed by atoms with Crippen LogP contribution in [-0.2, 0) is 80.8 Å². The number of nitrogens with zero attached hydrogens (tertiary/aromatic N) is 3. The molecule has 8 heterocycles. The van der Waals surface area contributed by atoms with Gasteiger partial charge in [0.25, 0.3) is 17.7 Å². The Morgan fingerprint density at radius 3 is 1.15 bits per heavy atom. The van der Waals surface area contributed by atoms with Crippen LogP contribution in [-0.4, -0.2) is 177 Å². The van der Waals surface area contributed by atoms with Crippen LogP contribution in [0.15, 0.2) is 5.11 Å². The molecule has 23 heteroatoms. The number of hydrogen-bond donors (Lipinski definition) is 3. The highest BCUT2D eigenvalue weighted by Crippen LogP contribution is 2.43. The van der Waals surface area contributed by atoms with E-state index < -0.39 is 145 Å². The number of carbonyl (C=O) groups is 4. The molecule has 346 valence electrons. The van der Waals surface area contributed by atoms with E-state index in [1.807, 2.05) is 0 Å². The van der Waals surface area contributed by atoms with Crippen LogP contribution in [0.1, 0.15) is 69.2 Å². The van der Waals surface area contributed by atoms with Gasteiger partial charge < -0.3 is 77.5 Å². The molecule has 16 atom stereocenters. The average molecular weight is 883 g/mol. The maximum Gasteiger partial charge on any atom is 0.338 e. The lowest BCUT2D eigenvalue weighted by Gasteiger charge is -2.26. The number of rotatable bonds is 13. The van der Waals surface area contributed by atoms with Gasteiger partial charge in [-0.05, 0) is 74.8 Å². The molecular formula is C39H58N6O17. The summed E-state index contributed by atoms with van der Waals surface area (Å²) in [6.45, 7) is 17.0. The Kier molecular flexibility index (Phi) is 12.1. The summed E-state index contributed by atoms with van der Waals surface area (Å²) in [6, 6.07) is 0. The summed E-state index contributed by atoms with van der Waals surface area (Å²) < 4.78 is 78.4. The third-order valence-corrected chi connectivity index (χ3v) is 11.7. The molecule has 8 fully saturated rings. The van der Waals surface area contributed by atoms with E-state index in [1.165, 1.54) is 0 Å². The van der Waals surface area contributed by atoms with E-state index in [0.29, 0.717) is 0 Å². The third-order valence-electron chi connectivity index (χ3n) is 11.7. The van der Waals surface area contributed by atoms with Gasteiger partial charge >= 0.3 is 5.97 Å². The Hall–Kier alpha value is -3.29. The van der Waals surface area contributed by atoms with Crippen LogP contribution in [0.5, 0.6) is 0 Å². The lowest BCUT2D eigenvalue weighted by Crippen LogP contribution is -2.47. The molecule has 0 aromatic heterocycles. The highest BCUT2D eigenvalue weighted by Gasteiger charge is 2.62. The first-order valence-corrected chi connectivity index (χ1v) is 21.1. The Morgan fingerprint density at radius 1 is 0.516 bits per heavy atom. The molecule has 23 nitrogen and oxygen atoms in total. The van der Waals surface area contributed by atoms with Crippen molar-refractivity contribution >= 4 is 23.7 Å². The van der Waals surface area contributed by atoms with Crippen LogP contribution >= 0.6 is 0 Å². The smallest absolute Gasteiger partial charge is 0.338 e. The Morgan fingerprint density at radius 2 is 0.806 bits per heavy atom. The maximum absolute atomic E-state index is 13.9. The van der Waals surface area contributed by atoms with Crippen molar-refractivity contribution in [1.29, 1.82) is 0 Å².